The van der Waals surface area contributed by atoms with Gasteiger partial charge in [-0.1, -0.05) is 54.6 Å². The van der Waals surface area contributed by atoms with Crippen molar-refractivity contribution in [3.8, 4) is 17.2 Å². The molecule has 0 saturated carbocycles. The molecule has 6 heteroatoms. The molecule has 174 valence electrons. The summed E-state index contributed by atoms with van der Waals surface area (Å²) in [6, 6.07) is 24.5. The van der Waals surface area contributed by atoms with Crippen molar-refractivity contribution in [3.05, 3.63) is 120 Å². The Balaban J connectivity index is 1.38. The summed E-state index contributed by atoms with van der Waals surface area (Å²) in [6.07, 6.45) is 6.03. The molecule has 6 nitrogen and oxygen atoms in total. The van der Waals surface area contributed by atoms with E-state index in [0.29, 0.717) is 45.7 Å². The van der Waals surface area contributed by atoms with E-state index in [2.05, 4.69) is 0 Å². The van der Waals surface area contributed by atoms with Crippen LogP contribution in [0.5, 0.6) is 17.2 Å². The summed E-state index contributed by atoms with van der Waals surface area (Å²) in [5, 5.41) is 1.32. The predicted octanol–water partition coefficient (Wildman–Crippen LogP) is 6.22. The number of allylic oxidation sites excluding steroid dienone is 2. The van der Waals surface area contributed by atoms with E-state index in [4.69, 9.17) is 9.47 Å². The maximum absolute atomic E-state index is 13.7. The molecule has 0 N–H and O–H groups in total. The normalized spacial score (nSPS) is 14.2. The van der Waals surface area contributed by atoms with E-state index in [1.54, 1.807) is 48.6 Å². The quantitative estimate of drug-likeness (QED) is 0.195. The van der Waals surface area contributed by atoms with Crippen LogP contribution >= 0.6 is 0 Å². The number of nitrogens with zero attached hydrogens (tertiary/aromatic N) is 1. The second-order valence-corrected chi connectivity index (χ2v) is 8.42. The first-order valence-corrected chi connectivity index (χ1v) is 11.5. The molecular formula is C30H19NO5. The van der Waals surface area contributed by atoms with Crippen LogP contribution in [0.1, 0.15) is 27.1 Å². The van der Waals surface area contributed by atoms with Crippen LogP contribution in [0.4, 0.5) is 5.69 Å². The largest absolute Gasteiger partial charge is 0.457 e. The van der Waals surface area contributed by atoms with Gasteiger partial charge in [-0.05, 0) is 54.3 Å². The minimum Gasteiger partial charge on any atom is -0.457 e. The summed E-state index contributed by atoms with van der Waals surface area (Å²) >= 11 is 0. The van der Waals surface area contributed by atoms with Gasteiger partial charge < -0.3 is 9.47 Å². The predicted molar refractivity (Wildman–Crippen MR) is 136 cm³/mol. The molecule has 0 spiro atoms. The van der Waals surface area contributed by atoms with Crippen molar-refractivity contribution in [2.24, 2.45) is 0 Å². The van der Waals surface area contributed by atoms with Gasteiger partial charge in [-0.2, -0.15) is 0 Å². The molecule has 0 aromatic heterocycles. The third kappa shape index (κ3) is 3.75. The minimum atomic E-state index is -0.491. The molecule has 2 aliphatic rings. The molecule has 2 amide bonds. The van der Waals surface area contributed by atoms with E-state index in [9.17, 15) is 14.4 Å². The minimum absolute atomic E-state index is 0.240. The van der Waals surface area contributed by atoms with E-state index in [0.717, 1.165) is 10.3 Å². The van der Waals surface area contributed by atoms with Crippen LogP contribution in [0.3, 0.4) is 0 Å². The number of carbonyl (C=O) groups excluding carboxylic acids is 3. The summed E-state index contributed by atoms with van der Waals surface area (Å²) < 4.78 is 11.5. The van der Waals surface area contributed by atoms with Crippen molar-refractivity contribution in [3.63, 3.8) is 0 Å². The summed E-state index contributed by atoms with van der Waals surface area (Å²) in [4.78, 5) is 40.7. The Bertz CT molecular complexity index is 1620. The van der Waals surface area contributed by atoms with Crippen LogP contribution in [0.2, 0.25) is 0 Å². The monoisotopic (exact) mass is 473 g/mol. The number of ether oxygens (including phenoxy) is 2. The Morgan fingerprint density at radius 1 is 0.750 bits per heavy atom. The summed E-state index contributed by atoms with van der Waals surface area (Å²) in [5.74, 6) is -0.0476. The van der Waals surface area contributed by atoms with Gasteiger partial charge in [0.2, 0.25) is 0 Å². The van der Waals surface area contributed by atoms with Crippen LogP contribution in [0.25, 0.3) is 10.8 Å². The van der Waals surface area contributed by atoms with E-state index in [1.807, 2.05) is 48.5 Å². The van der Waals surface area contributed by atoms with Crippen LogP contribution in [-0.4, -0.2) is 17.8 Å². The van der Waals surface area contributed by atoms with E-state index in [-0.39, 0.29) is 5.75 Å². The van der Waals surface area contributed by atoms with Gasteiger partial charge in [0.1, 0.15) is 17.2 Å². The molecule has 0 radical (unpaired) electrons. The molecule has 1 aliphatic heterocycles. The summed E-state index contributed by atoms with van der Waals surface area (Å²) in [6.45, 7) is 0. The zero-order valence-corrected chi connectivity index (χ0v) is 19.0. The lowest BCUT2D eigenvalue weighted by atomic mass is 9.93. The first-order chi connectivity index (χ1) is 17.6. The number of hydrogen-bond acceptors (Lipinski definition) is 5. The lowest BCUT2D eigenvalue weighted by Crippen LogP contribution is -2.40. The zero-order chi connectivity index (χ0) is 24.6. The number of anilines is 1. The fraction of sp³-hybridized carbons (Fsp3) is 0.0333. The second kappa shape index (κ2) is 8.67. The number of rotatable bonds is 5. The molecule has 0 bridgehead atoms. The number of esters is 1. The van der Waals surface area contributed by atoms with Crippen molar-refractivity contribution in [2.75, 3.05) is 4.90 Å². The Labute approximate surface area is 206 Å². The Morgan fingerprint density at radius 3 is 2.33 bits per heavy atom. The smallest absolute Gasteiger partial charge is 0.343 e. The highest BCUT2D eigenvalue weighted by Crippen LogP contribution is 2.37. The van der Waals surface area contributed by atoms with Crippen LogP contribution in [-0.2, 0) is 4.79 Å². The molecule has 4 aromatic carbocycles. The molecule has 1 heterocycles. The molecule has 0 atom stereocenters. The van der Waals surface area contributed by atoms with Crippen molar-refractivity contribution >= 4 is 34.2 Å². The van der Waals surface area contributed by atoms with E-state index < -0.39 is 17.8 Å². The first-order valence-electron chi connectivity index (χ1n) is 11.5. The lowest BCUT2D eigenvalue weighted by molar-refractivity contribution is -0.129. The first kappa shape index (κ1) is 21.6. The maximum Gasteiger partial charge on any atom is 0.343 e. The highest BCUT2D eigenvalue weighted by molar-refractivity contribution is 6.36. The molecular weight excluding hydrogens is 454 g/mol. The van der Waals surface area contributed by atoms with Crippen molar-refractivity contribution in [1.82, 2.24) is 0 Å². The number of amides is 2. The zero-order valence-electron chi connectivity index (χ0n) is 19.0. The van der Waals surface area contributed by atoms with Gasteiger partial charge in [0.05, 0.1) is 16.8 Å². The average molecular weight is 473 g/mol. The molecule has 0 fully saturated rings. The Morgan fingerprint density at radius 2 is 1.53 bits per heavy atom. The fourth-order valence-electron chi connectivity index (χ4n) is 4.46. The molecule has 1 aliphatic carbocycles. The topological polar surface area (TPSA) is 72.9 Å². The van der Waals surface area contributed by atoms with Gasteiger partial charge in [0.25, 0.3) is 11.8 Å². The number of para-hydroxylation sites is 1. The maximum atomic E-state index is 13.7. The van der Waals surface area contributed by atoms with E-state index >= 15 is 0 Å². The van der Waals surface area contributed by atoms with Gasteiger partial charge in [-0.15, -0.1) is 0 Å². The van der Waals surface area contributed by atoms with Crippen LogP contribution < -0.4 is 14.4 Å². The molecule has 6 rings (SSSR count). The van der Waals surface area contributed by atoms with Crippen LogP contribution in [0.15, 0.2) is 109 Å². The summed E-state index contributed by atoms with van der Waals surface area (Å²) in [7, 11) is 0. The number of imide groups is 1. The van der Waals surface area contributed by atoms with Gasteiger partial charge in [0, 0.05) is 17.0 Å². The third-order valence-corrected chi connectivity index (χ3v) is 6.09. The molecule has 0 saturated heterocycles. The average Bonchev–Trinajstić information content (AvgIpc) is 3.43. The standard InChI is InChI=1S/C30H19NO5/c32-28-25-15-6-10-20-16-24(35-22-12-2-1-3-13-22)18-26(27(20)25)29(33)31(28)21-11-7-14-23(17-21)36-30(34)19-8-4-5-9-19/h1-4,6-18H,5H2. The Kier molecular flexibility index (Phi) is 5.19. The van der Waals surface area contributed by atoms with Gasteiger partial charge in [-0.25, -0.2) is 9.69 Å². The molecule has 36 heavy (non-hydrogen) atoms. The van der Waals surface area contributed by atoms with Crippen molar-refractivity contribution < 1.29 is 23.9 Å². The second-order valence-electron chi connectivity index (χ2n) is 8.42. The molecule has 0 unspecified atom stereocenters. The van der Waals surface area contributed by atoms with Crippen molar-refractivity contribution in [2.45, 2.75) is 6.42 Å². The van der Waals surface area contributed by atoms with Crippen LogP contribution in [0, 0.1) is 0 Å². The third-order valence-electron chi connectivity index (χ3n) is 6.09. The highest BCUT2D eigenvalue weighted by atomic mass is 16.5. The van der Waals surface area contributed by atoms with Gasteiger partial charge >= 0.3 is 5.97 Å². The van der Waals surface area contributed by atoms with Crippen molar-refractivity contribution in [1.29, 1.82) is 0 Å². The number of hydrogen-bond donors (Lipinski definition) is 0. The van der Waals surface area contributed by atoms with Gasteiger partial charge in [0.15, 0.2) is 0 Å². The Hall–Kier alpha value is -4.97. The SMILES string of the molecule is O=C(Oc1cccc(N2C(=O)c3cccc4cc(Oc5ccccc5)cc(c34)C2=O)c1)C1=CCC=C1. The highest BCUT2D eigenvalue weighted by Gasteiger charge is 2.34. The fourth-order valence-corrected chi connectivity index (χ4v) is 4.46. The molecule has 4 aromatic rings. The van der Waals surface area contributed by atoms with Gasteiger partial charge in [-0.3, -0.25) is 9.59 Å². The number of carbonyl (C=O) groups is 3. The lowest BCUT2D eigenvalue weighted by Gasteiger charge is -2.27. The van der Waals surface area contributed by atoms with E-state index in [1.165, 1.54) is 6.07 Å². The number of benzene rings is 4. The summed E-state index contributed by atoms with van der Waals surface area (Å²) in [5.41, 5.74) is 1.55.